The first kappa shape index (κ1) is 29.7. The Morgan fingerprint density at radius 2 is 0.860 bits per heavy atom. The first-order chi connectivity index (χ1) is 24.8. The molecule has 7 aromatic carbocycles. The lowest BCUT2D eigenvalue weighted by atomic mass is 10.0. The number of para-hydroxylation sites is 3. The largest absolute Gasteiger partial charge is 0.310 e. The molecule has 9 rings (SSSR count). The minimum atomic E-state index is 0.612. The van der Waals surface area contributed by atoms with Crippen molar-refractivity contribution < 1.29 is 0 Å². The number of aromatic nitrogens is 3. The Balaban J connectivity index is 1.23. The van der Waals surface area contributed by atoms with Gasteiger partial charge >= 0.3 is 0 Å². The third-order valence-corrected chi connectivity index (χ3v) is 10.1. The molecule has 2 aromatic heterocycles. The summed E-state index contributed by atoms with van der Waals surface area (Å²) in [4.78, 5) is 17.8. The number of benzene rings is 7. The highest BCUT2D eigenvalue weighted by Gasteiger charge is 2.20. The Morgan fingerprint density at radius 1 is 0.360 bits per heavy atom. The van der Waals surface area contributed by atoms with E-state index in [1.165, 1.54) is 25.7 Å². The van der Waals surface area contributed by atoms with Gasteiger partial charge in [-0.15, -0.1) is 11.3 Å². The van der Waals surface area contributed by atoms with Crippen molar-refractivity contribution in [1.29, 1.82) is 0 Å². The maximum Gasteiger partial charge on any atom is 0.166 e. The van der Waals surface area contributed by atoms with Gasteiger partial charge in [-0.2, -0.15) is 0 Å². The van der Waals surface area contributed by atoms with E-state index in [2.05, 4.69) is 163 Å². The molecular formula is C45H30N4S. The molecule has 0 spiro atoms. The van der Waals surface area contributed by atoms with Gasteiger partial charge in [-0.05, 0) is 59.7 Å². The van der Waals surface area contributed by atoms with Crippen LogP contribution < -0.4 is 4.90 Å². The summed E-state index contributed by atoms with van der Waals surface area (Å²) < 4.78 is 2.48. The lowest BCUT2D eigenvalue weighted by molar-refractivity contribution is 1.07. The molecule has 236 valence electrons. The second-order valence-electron chi connectivity index (χ2n) is 12.1. The fraction of sp³-hybridized carbons (Fsp3) is 0. The Labute approximate surface area is 294 Å². The maximum absolute atomic E-state index is 5.21. The normalized spacial score (nSPS) is 11.2. The summed E-state index contributed by atoms with van der Waals surface area (Å²) in [5, 5.41) is 2.51. The van der Waals surface area contributed by atoms with Crippen molar-refractivity contribution in [1.82, 2.24) is 15.0 Å². The zero-order valence-electron chi connectivity index (χ0n) is 27.0. The van der Waals surface area contributed by atoms with E-state index in [0.29, 0.717) is 17.5 Å². The molecule has 0 saturated carbocycles. The van der Waals surface area contributed by atoms with Gasteiger partial charge in [0, 0.05) is 48.2 Å². The summed E-state index contributed by atoms with van der Waals surface area (Å²) in [5.74, 6) is 1.88. The van der Waals surface area contributed by atoms with Crippen molar-refractivity contribution >= 4 is 48.6 Å². The van der Waals surface area contributed by atoms with Crippen molar-refractivity contribution in [2.75, 3.05) is 4.90 Å². The van der Waals surface area contributed by atoms with Crippen LogP contribution in [0.1, 0.15) is 0 Å². The number of thiophene rings is 1. The molecule has 0 radical (unpaired) electrons. The van der Waals surface area contributed by atoms with Crippen molar-refractivity contribution in [2.24, 2.45) is 0 Å². The van der Waals surface area contributed by atoms with Gasteiger partial charge in [0.05, 0.1) is 5.69 Å². The van der Waals surface area contributed by atoms with E-state index in [-0.39, 0.29) is 0 Å². The maximum atomic E-state index is 5.21. The standard InChI is InChI=1S/C45H30N4S/c1-4-14-31(15-5-1)32-24-26-33(27-25-32)43-46-44(34-28-29-38-37-20-11-13-23-41(37)50-42(38)30-34)48-45(47-43)39-21-10-12-22-40(39)49(35-16-6-2-7-17-35)36-18-8-3-9-19-36/h1-30H. The van der Waals surface area contributed by atoms with Gasteiger partial charge < -0.3 is 4.90 Å². The third-order valence-electron chi connectivity index (χ3n) is 8.94. The molecular weight excluding hydrogens is 629 g/mol. The highest BCUT2D eigenvalue weighted by molar-refractivity contribution is 7.25. The van der Waals surface area contributed by atoms with Gasteiger partial charge in [0.15, 0.2) is 17.5 Å². The van der Waals surface area contributed by atoms with Crippen LogP contribution in [0.4, 0.5) is 17.1 Å². The van der Waals surface area contributed by atoms with E-state index in [9.17, 15) is 0 Å². The van der Waals surface area contributed by atoms with Crippen molar-refractivity contribution in [3.63, 3.8) is 0 Å². The van der Waals surface area contributed by atoms with E-state index in [1.807, 2.05) is 24.3 Å². The molecule has 4 nitrogen and oxygen atoms in total. The Bertz CT molecular complexity index is 2540. The molecule has 0 saturated heterocycles. The van der Waals surface area contributed by atoms with Crippen LogP contribution in [0.15, 0.2) is 182 Å². The SMILES string of the molecule is c1ccc(-c2ccc(-c3nc(-c4ccc5c(c4)sc4ccccc45)nc(-c4ccccc4N(c4ccccc4)c4ccccc4)n3)cc2)cc1. The first-order valence-corrected chi connectivity index (χ1v) is 17.4. The molecule has 9 aromatic rings. The van der Waals surface area contributed by atoms with E-state index < -0.39 is 0 Å². The Morgan fingerprint density at radius 3 is 1.58 bits per heavy atom. The molecule has 0 bridgehead atoms. The summed E-state index contributed by atoms with van der Waals surface area (Å²) >= 11 is 1.79. The predicted molar refractivity (Wildman–Crippen MR) is 209 cm³/mol. The van der Waals surface area contributed by atoms with Gasteiger partial charge in [-0.25, -0.2) is 15.0 Å². The van der Waals surface area contributed by atoms with E-state index in [4.69, 9.17) is 15.0 Å². The molecule has 0 unspecified atom stereocenters. The van der Waals surface area contributed by atoms with Gasteiger partial charge in [-0.1, -0.05) is 133 Å². The third kappa shape index (κ3) is 5.60. The summed E-state index contributed by atoms with van der Waals surface area (Å²) in [7, 11) is 0. The van der Waals surface area contributed by atoms with E-state index in [0.717, 1.165) is 39.3 Å². The zero-order valence-corrected chi connectivity index (χ0v) is 27.8. The molecule has 2 heterocycles. The lowest BCUT2D eigenvalue weighted by Gasteiger charge is -2.27. The summed E-state index contributed by atoms with van der Waals surface area (Å²) in [5.41, 5.74) is 8.18. The number of hydrogen-bond donors (Lipinski definition) is 0. The van der Waals surface area contributed by atoms with Crippen molar-refractivity contribution in [3.05, 3.63) is 182 Å². The number of nitrogens with zero attached hydrogens (tertiary/aromatic N) is 4. The summed E-state index contributed by atoms with van der Waals surface area (Å²) in [6.45, 7) is 0. The number of hydrogen-bond acceptors (Lipinski definition) is 5. The quantitative estimate of drug-likeness (QED) is 0.171. The fourth-order valence-corrected chi connectivity index (χ4v) is 7.65. The van der Waals surface area contributed by atoms with Crippen molar-refractivity contribution in [3.8, 4) is 45.3 Å². The van der Waals surface area contributed by atoms with Crippen molar-refractivity contribution in [2.45, 2.75) is 0 Å². The predicted octanol–water partition coefficient (Wildman–Crippen LogP) is 12.4. The number of rotatable bonds is 7. The monoisotopic (exact) mass is 658 g/mol. The molecule has 0 aliphatic heterocycles. The number of fused-ring (bicyclic) bond motifs is 3. The van der Waals surface area contributed by atoms with Gasteiger partial charge in [0.2, 0.25) is 0 Å². The average molecular weight is 659 g/mol. The second kappa shape index (κ2) is 12.9. The minimum absolute atomic E-state index is 0.612. The second-order valence-corrected chi connectivity index (χ2v) is 13.2. The van der Waals surface area contributed by atoms with Crippen LogP contribution in [-0.4, -0.2) is 15.0 Å². The van der Waals surface area contributed by atoms with Gasteiger partial charge in [-0.3, -0.25) is 0 Å². The molecule has 0 atom stereocenters. The van der Waals surface area contributed by atoms with Crippen LogP contribution in [0.5, 0.6) is 0 Å². The van der Waals surface area contributed by atoms with Gasteiger partial charge in [0.1, 0.15) is 0 Å². The highest BCUT2D eigenvalue weighted by Crippen LogP contribution is 2.41. The van der Waals surface area contributed by atoms with E-state index >= 15 is 0 Å². The topological polar surface area (TPSA) is 41.9 Å². The molecule has 0 fully saturated rings. The van der Waals surface area contributed by atoms with Crippen LogP contribution in [0, 0.1) is 0 Å². The van der Waals surface area contributed by atoms with Crippen LogP contribution in [0.25, 0.3) is 65.5 Å². The molecule has 0 N–H and O–H groups in total. The van der Waals surface area contributed by atoms with Gasteiger partial charge in [0.25, 0.3) is 0 Å². The average Bonchev–Trinajstić information content (AvgIpc) is 3.57. The zero-order chi connectivity index (χ0) is 33.3. The number of anilines is 3. The van der Waals surface area contributed by atoms with Crippen LogP contribution in [0.3, 0.4) is 0 Å². The van der Waals surface area contributed by atoms with E-state index in [1.54, 1.807) is 11.3 Å². The summed E-state index contributed by atoms with van der Waals surface area (Å²) in [6, 6.07) is 63.2. The summed E-state index contributed by atoms with van der Waals surface area (Å²) in [6.07, 6.45) is 0. The highest BCUT2D eigenvalue weighted by atomic mass is 32.1. The molecule has 0 aliphatic carbocycles. The van der Waals surface area contributed by atoms with Crippen LogP contribution in [0.2, 0.25) is 0 Å². The molecule has 0 aliphatic rings. The molecule has 0 amide bonds. The smallest absolute Gasteiger partial charge is 0.166 e. The lowest BCUT2D eigenvalue weighted by Crippen LogP contribution is -2.12. The van der Waals surface area contributed by atoms with Crippen LogP contribution in [-0.2, 0) is 0 Å². The molecule has 50 heavy (non-hydrogen) atoms. The Kier molecular flexibility index (Phi) is 7.65. The molecule has 5 heteroatoms. The first-order valence-electron chi connectivity index (χ1n) is 16.6. The minimum Gasteiger partial charge on any atom is -0.310 e. The fourth-order valence-electron chi connectivity index (χ4n) is 6.50. The Hall–Kier alpha value is -6.43. The van der Waals surface area contributed by atoms with Crippen LogP contribution >= 0.6 is 11.3 Å².